The highest BCUT2D eigenvalue weighted by Crippen LogP contribution is 2.26. The molecule has 19 heavy (non-hydrogen) atoms. The Labute approximate surface area is 120 Å². The van der Waals surface area contributed by atoms with Crippen molar-refractivity contribution in [1.29, 1.82) is 0 Å². The Balaban J connectivity index is 2.77. The third kappa shape index (κ3) is 3.96. The number of amides is 1. The van der Waals surface area contributed by atoms with Gasteiger partial charge in [0.2, 0.25) is 5.91 Å². The van der Waals surface area contributed by atoms with Gasteiger partial charge in [0.15, 0.2) is 0 Å². The molecule has 0 radical (unpaired) electrons. The summed E-state index contributed by atoms with van der Waals surface area (Å²) >= 11 is 3.36. The number of methoxy groups -OCH3 is 1. The van der Waals surface area contributed by atoms with E-state index in [-0.39, 0.29) is 0 Å². The molecule has 1 amide bonds. The van der Waals surface area contributed by atoms with Gasteiger partial charge in [-0.3, -0.25) is 9.59 Å². The number of ether oxygens (including phenoxy) is 1. The molecule has 1 N–H and O–H groups in total. The number of rotatable bonds is 5. The number of benzene rings is 1. The van der Waals surface area contributed by atoms with Gasteiger partial charge in [-0.2, -0.15) is 0 Å². The van der Waals surface area contributed by atoms with Crippen molar-refractivity contribution in [2.45, 2.75) is 13.5 Å². The van der Waals surface area contributed by atoms with Crippen molar-refractivity contribution in [3.8, 4) is 5.75 Å². The number of carboxylic acids is 1. The van der Waals surface area contributed by atoms with Crippen LogP contribution in [-0.4, -0.2) is 36.0 Å². The molecule has 0 aromatic heterocycles. The largest absolute Gasteiger partial charge is 0.496 e. The zero-order valence-electron chi connectivity index (χ0n) is 11.0. The van der Waals surface area contributed by atoms with E-state index in [0.717, 1.165) is 10.0 Å². The lowest BCUT2D eigenvalue weighted by Gasteiger charge is -2.19. The maximum Gasteiger partial charge on any atom is 0.315 e. The Morgan fingerprint density at radius 2 is 2.11 bits per heavy atom. The van der Waals surface area contributed by atoms with Gasteiger partial charge >= 0.3 is 5.97 Å². The van der Waals surface area contributed by atoms with Crippen LogP contribution in [0.4, 0.5) is 0 Å². The fourth-order valence-electron chi connectivity index (χ4n) is 1.60. The van der Waals surface area contributed by atoms with E-state index in [9.17, 15) is 9.59 Å². The van der Waals surface area contributed by atoms with Crippen LogP contribution in [0.1, 0.15) is 12.5 Å². The molecule has 5 nitrogen and oxygen atoms in total. The van der Waals surface area contributed by atoms with Gasteiger partial charge in [0.05, 0.1) is 11.6 Å². The quantitative estimate of drug-likeness (QED) is 0.840. The summed E-state index contributed by atoms with van der Waals surface area (Å²) in [5.41, 5.74) is 0.890. The zero-order chi connectivity index (χ0) is 14.6. The highest BCUT2D eigenvalue weighted by Gasteiger charge is 2.23. The van der Waals surface area contributed by atoms with Crippen LogP contribution in [0.5, 0.6) is 5.75 Å². The Morgan fingerprint density at radius 1 is 1.47 bits per heavy atom. The second-order valence-corrected chi connectivity index (χ2v) is 5.08. The fraction of sp³-hybridized carbons (Fsp3) is 0.385. The molecular weight excluding hydrogens is 314 g/mol. The first kappa shape index (κ1) is 15.5. The minimum absolute atomic E-state index is 0.346. The van der Waals surface area contributed by atoms with Crippen LogP contribution in [0.3, 0.4) is 0 Å². The molecule has 0 saturated carbocycles. The third-order valence-electron chi connectivity index (χ3n) is 2.75. The first-order valence-electron chi connectivity index (χ1n) is 5.67. The molecule has 1 atom stereocenters. The maximum atomic E-state index is 11.8. The number of aliphatic carboxylic acids is 1. The number of hydrogen-bond acceptors (Lipinski definition) is 3. The summed E-state index contributed by atoms with van der Waals surface area (Å²) in [5, 5.41) is 8.81. The van der Waals surface area contributed by atoms with Crippen LogP contribution in [0.15, 0.2) is 22.7 Å². The Hall–Kier alpha value is -1.56. The van der Waals surface area contributed by atoms with Gasteiger partial charge in [-0.1, -0.05) is 6.07 Å². The Kier molecular flexibility index (Phi) is 5.35. The van der Waals surface area contributed by atoms with Crippen molar-refractivity contribution in [3.05, 3.63) is 28.2 Å². The minimum Gasteiger partial charge on any atom is -0.496 e. The summed E-state index contributed by atoms with van der Waals surface area (Å²) in [6.45, 7) is 1.73. The minimum atomic E-state index is -1.12. The number of halogens is 1. The monoisotopic (exact) mass is 329 g/mol. The molecule has 0 bridgehead atoms. The van der Waals surface area contributed by atoms with Gasteiger partial charge < -0.3 is 14.7 Å². The van der Waals surface area contributed by atoms with E-state index >= 15 is 0 Å². The van der Waals surface area contributed by atoms with Crippen molar-refractivity contribution in [1.82, 2.24) is 4.90 Å². The summed E-state index contributed by atoms with van der Waals surface area (Å²) in [7, 11) is 3.16. The molecule has 1 aromatic rings. The molecule has 1 unspecified atom stereocenters. The van der Waals surface area contributed by atoms with Gasteiger partial charge in [-0.15, -0.1) is 0 Å². The van der Waals surface area contributed by atoms with E-state index in [2.05, 4.69) is 15.9 Å². The lowest BCUT2D eigenvalue weighted by molar-refractivity contribution is -0.149. The summed E-state index contributed by atoms with van der Waals surface area (Å²) < 4.78 is 5.91. The molecule has 0 aliphatic rings. The first-order valence-corrected chi connectivity index (χ1v) is 6.46. The molecule has 0 spiro atoms. The summed E-state index contributed by atoms with van der Waals surface area (Å²) in [6.07, 6.45) is 0. The van der Waals surface area contributed by atoms with Crippen LogP contribution < -0.4 is 4.74 Å². The molecular formula is C13H16BrNO4. The standard InChI is InChI=1S/C13H16BrNO4/c1-8(13(17)18)12(16)15(2)7-9-4-5-11(19-3)10(14)6-9/h4-6,8H,7H2,1-3H3,(H,17,18). The highest BCUT2D eigenvalue weighted by molar-refractivity contribution is 9.10. The van der Waals surface area contributed by atoms with Gasteiger partial charge in [0.25, 0.3) is 0 Å². The van der Waals surface area contributed by atoms with Gasteiger partial charge in [0.1, 0.15) is 11.7 Å². The molecule has 0 aliphatic carbocycles. The van der Waals surface area contributed by atoms with E-state index in [4.69, 9.17) is 9.84 Å². The molecule has 1 aromatic carbocycles. The highest BCUT2D eigenvalue weighted by atomic mass is 79.9. The molecule has 1 rings (SSSR count). The van der Waals surface area contributed by atoms with Crippen molar-refractivity contribution < 1.29 is 19.4 Å². The third-order valence-corrected chi connectivity index (χ3v) is 3.37. The van der Waals surface area contributed by atoms with E-state index < -0.39 is 17.8 Å². The molecule has 0 fully saturated rings. The average molecular weight is 330 g/mol. The van der Waals surface area contributed by atoms with Crippen LogP contribution in [0.25, 0.3) is 0 Å². The van der Waals surface area contributed by atoms with Gasteiger partial charge in [-0.25, -0.2) is 0 Å². The maximum absolute atomic E-state index is 11.8. The second-order valence-electron chi connectivity index (χ2n) is 4.22. The lowest BCUT2D eigenvalue weighted by Crippen LogP contribution is -2.34. The zero-order valence-corrected chi connectivity index (χ0v) is 12.6. The van der Waals surface area contributed by atoms with E-state index in [0.29, 0.717) is 12.3 Å². The number of hydrogen-bond donors (Lipinski definition) is 1. The molecule has 0 aliphatic heterocycles. The Bertz CT molecular complexity index is 490. The molecule has 6 heteroatoms. The lowest BCUT2D eigenvalue weighted by atomic mass is 10.1. The SMILES string of the molecule is COc1ccc(CN(C)C(=O)C(C)C(=O)O)cc1Br. The van der Waals surface area contributed by atoms with Crippen LogP contribution in [-0.2, 0) is 16.1 Å². The van der Waals surface area contributed by atoms with E-state index in [1.165, 1.54) is 11.8 Å². The summed E-state index contributed by atoms with van der Waals surface area (Å²) in [4.78, 5) is 24.0. The predicted octanol–water partition coefficient (Wildman–Crippen LogP) is 2.14. The fourth-order valence-corrected chi connectivity index (χ4v) is 2.18. The normalized spacial score (nSPS) is 11.8. The average Bonchev–Trinajstić information content (AvgIpc) is 2.37. The smallest absolute Gasteiger partial charge is 0.315 e. The van der Waals surface area contributed by atoms with Crippen molar-refractivity contribution >= 4 is 27.8 Å². The van der Waals surface area contributed by atoms with Gasteiger partial charge in [0, 0.05) is 13.6 Å². The summed E-state index contributed by atoms with van der Waals surface area (Å²) in [6, 6.07) is 5.46. The van der Waals surface area contributed by atoms with Crippen LogP contribution in [0, 0.1) is 5.92 Å². The van der Waals surface area contributed by atoms with E-state index in [1.54, 1.807) is 20.2 Å². The van der Waals surface area contributed by atoms with E-state index in [1.807, 2.05) is 12.1 Å². The van der Waals surface area contributed by atoms with Crippen LogP contribution >= 0.6 is 15.9 Å². The second kappa shape index (κ2) is 6.56. The van der Waals surface area contributed by atoms with Crippen molar-refractivity contribution in [2.24, 2.45) is 5.92 Å². The predicted molar refractivity (Wildman–Crippen MR) is 74.0 cm³/mol. The number of nitrogens with zero attached hydrogens (tertiary/aromatic N) is 1. The molecule has 0 saturated heterocycles. The Morgan fingerprint density at radius 3 is 2.58 bits per heavy atom. The number of carboxylic acid groups (broad SMARTS) is 1. The summed E-state index contributed by atoms with van der Waals surface area (Å²) in [5.74, 6) is -1.87. The van der Waals surface area contributed by atoms with Crippen molar-refractivity contribution in [3.63, 3.8) is 0 Å². The molecule has 104 valence electrons. The topological polar surface area (TPSA) is 66.8 Å². The van der Waals surface area contributed by atoms with Crippen molar-refractivity contribution in [2.75, 3.05) is 14.2 Å². The number of carbonyl (C=O) groups excluding carboxylic acids is 1. The van der Waals surface area contributed by atoms with Gasteiger partial charge in [-0.05, 0) is 40.5 Å². The first-order chi connectivity index (χ1) is 8.86. The number of carbonyl (C=O) groups is 2. The van der Waals surface area contributed by atoms with Crippen LogP contribution in [0.2, 0.25) is 0 Å². The molecule has 0 heterocycles.